The van der Waals surface area contributed by atoms with E-state index in [1.807, 2.05) is 18.0 Å². The van der Waals surface area contributed by atoms with Gasteiger partial charge in [-0.1, -0.05) is 6.07 Å². The normalized spacial score (nSPS) is 18.1. The fourth-order valence-corrected chi connectivity index (χ4v) is 2.37. The van der Waals surface area contributed by atoms with Crippen LogP contribution in [0.1, 0.15) is 12.8 Å². The molecule has 1 saturated heterocycles. The fourth-order valence-electron chi connectivity index (χ4n) is 2.37. The van der Waals surface area contributed by atoms with Crippen LogP contribution in [0, 0.1) is 0 Å². The van der Waals surface area contributed by atoms with Crippen LogP contribution >= 0.6 is 0 Å². The number of nitrogens with zero attached hydrogens (tertiary/aromatic N) is 2. The third-order valence-electron chi connectivity index (χ3n) is 3.58. The number of anilines is 2. The summed E-state index contributed by atoms with van der Waals surface area (Å²) in [5.74, 6) is 0.924. The molecular formula is C13H20FN3O2. The summed E-state index contributed by atoms with van der Waals surface area (Å²) in [6.45, 7) is 2.12. The van der Waals surface area contributed by atoms with Crippen LogP contribution in [-0.2, 0) is 9.47 Å². The average Bonchev–Trinajstić information content (AvgIpc) is 2.48. The lowest BCUT2D eigenvalue weighted by Gasteiger charge is -2.39. The molecule has 0 amide bonds. The third-order valence-corrected chi connectivity index (χ3v) is 3.58. The second kappa shape index (κ2) is 6.16. The lowest BCUT2D eigenvalue weighted by molar-refractivity contribution is -0.0835. The molecule has 19 heavy (non-hydrogen) atoms. The van der Waals surface area contributed by atoms with E-state index in [9.17, 15) is 4.48 Å². The summed E-state index contributed by atoms with van der Waals surface area (Å²) in [7, 11) is 3.66. The largest absolute Gasteiger partial charge is 0.381 e. The van der Waals surface area contributed by atoms with E-state index in [0.29, 0.717) is 25.6 Å². The van der Waals surface area contributed by atoms with Gasteiger partial charge in [-0.3, -0.25) is 0 Å². The van der Waals surface area contributed by atoms with Gasteiger partial charge >= 0.3 is 0 Å². The van der Waals surface area contributed by atoms with E-state index in [2.05, 4.69) is 4.98 Å². The molecule has 0 unspecified atom stereocenters. The first-order chi connectivity index (χ1) is 9.19. The van der Waals surface area contributed by atoms with Crippen LogP contribution in [-0.4, -0.2) is 44.5 Å². The molecule has 1 aliphatic heterocycles. The molecule has 1 aromatic heterocycles. The summed E-state index contributed by atoms with van der Waals surface area (Å²) in [6.07, 6.45) is 1.71. The Kier molecular flexibility index (Phi) is 4.55. The number of pyridine rings is 1. The molecule has 0 spiro atoms. The second-order valence-electron chi connectivity index (χ2n) is 4.83. The first kappa shape index (κ1) is 14.0. The highest BCUT2D eigenvalue weighted by molar-refractivity contribution is 5.45. The number of aromatic nitrogens is 1. The first-order valence-corrected chi connectivity index (χ1v) is 6.37. The van der Waals surface area contributed by atoms with Crippen LogP contribution in [0.4, 0.5) is 16.1 Å². The Morgan fingerprint density at radius 2 is 2.21 bits per heavy atom. The van der Waals surface area contributed by atoms with Gasteiger partial charge in [-0.25, -0.2) is 10.5 Å². The van der Waals surface area contributed by atoms with Crippen LogP contribution in [0.3, 0.4) is 0 Å². The summed E-state index contributed by atoms with van der Waals surface area (Å²) < 4.78 is 23.5. The maximum Gasteiger partial charge on any atom is 0.156 e. The summed E-state index contributed by atoms with van der Waals surface area (Å²) >= 11 is 0. The minimum Gasteiger partial charge on any atom is -0.381 e. The van der Waals surface area contributed by atoms with Crippen molar-refractivity contribution in [2.75, 3.05) is 44.4 Å². The van der Waals surface area contributed by atoms with E-state index < -0.39 is 0 Å². The van der Waals surface area contributed by atoms with Crippen molar-refractivity contribution in [3.63, 3.8) is 0 Å². The molecule has 0 aromatic carbocycles. The molecule has 0 radical (unpaired) electrons. The number of likely N-dealkylation sites (N-methyl/N-ethyl adjacent to an activating group) is 1. The van der Waals surface area contributed by atoms with Crippen molar-refractivity contribution in [1.82, 2.24) is 4.98 Å². The van der Waals surface area contributed by atoms with Gasteiger partial charge < -0.3 is 14.4 Å². The van der Waals surface area contributed by atoms with E-state index in [1.165, 1.54) is 0 Å². The van der Waals surface area contributed by atoms with Gasteiger partial charge in [0.15, 0.2) is 5.82 Å². The van der Waals surface area contributed by atoms with Gasteiger partial charge in [-0.05, 0) is 12.1 Å². The molecule has 2 heterocycles. The minimum absolute atomic E-state index is 0.211. The monoisotopic (exact) mass is 269 g/mol. The summed E-state index contributed by atoms with van der Waals surface area (Å²) in [6, 6.07) is 5.20. The van der Waals surface area contributed by atoms with Crippen LogP contribution in [0.5, 0.6) is 0 Å². The van der Waals surface area contributed by atoms with Crippen molar-refractivity contribution < 1.29 is 14.0 Å². The van der Waals surface area contributed by atoms with Gasteiger partial charge in [0.05, 0.1) is 5.60 Å². The van der Waals surface area contributed by atoms with Gasteiger partial charge in [0.25, 0.3) is 0 Å². The van der Waals surface area contributed by atoms with Crippen LogP contribution in [0.2, 0.25) is 0 Å². The van der Waals surface area contributed by atoms with Crippen LogP contribution in [0.15, 0.2) is 18.2 Å². The average molecular weight is 269 g/mol. The van der Waals surface area contributed by atoms with Crippen molar-refractivity contribution in [1.29, 1.82) is 0 Å². The molecule has 0 aliphatic carbocycles. The molecule has 0 saturated carbocycles. The highest BCUT2D eigenvalue weighted by Gasteiger charge is 2.34. The molecule has 0 bridgehead atoms. The molecule has 2 rings (SSSR count). The van der Waals surface area contributed by atoms with Gasteiger partial charge in [-0.2, -0.15) is 0 Å². The summed E-state index contributed by atoms with van der Waals surface area (Å²) in [4.78, 5) is 6.16. The van der Waals surface area contributed by atoms with E-state index in [0.717, 1.165) is 12.8 Å². The predicted octanol–water partition coefficient (Wildman–Crippen LogP) is 2.01. The zero-order chi connectivity index (χ0) is 13.7. The maximum atomic E-state index is 12.4. The van der Waals surface area contributed by atoms with Gasteiger partial charge in [0.1, 0.15) is 5.82 Å². The van der Waals surface area contributed by atoms with Crippen molar-refractivity contribution in [2.24, 2.45) is 0 Å². The molecule has 1 aliphatic rings. The smallest absolute Gasteiger partial charge is 0.156 e. The SMILES string of the molecule is COC1(CN(C)c2cccc(NF)n2)CCOCC1. The molecule has 106 valence electrons. The molecule has 1 aromatic rings. The van der Waals surface area contributed by atoms with Gasteiger partial charge in [0.2, 0.25) is 0 Å². The van der Waals surface area contributed by atoms with Gasteiger partial charge in [0, 0.05) is 46.8 Å². The van der Waals surface area contributed by atoms with Crippen molar-refractivity contribution in [3.05, 3.63) is 18.2 Å². The lowest BCUT2D eigenvalue weighted by Crippen LogP contribution is -2.47. The Morgan fingerprint density at radius 3 is 2.84 bits per heavy atom. The number of rotatable bonds is 5. The number of methoxy groups -OCH3 is 1. The number of halogens is 1. The Balaban J connectivity index is 2.07. The number of hydrogen-bond acceptors (Lipinski definition) is 5. The predicted molar refractivity (Wildman–Crippen MR) is 72.0 cm³/mol. The number of ether oxygens (including phenoxy) is 2. The summed E-state index contributed by atoms with van der Waals surface area (Å²) in [5, 5.41) is 0. The molecular weight excluding hydrogens is 249 g/mol. The molecule has 5 nitrogen and oxygen atoms in total. The third kappa shape index (κ3) is 3.33. The summed E-state index contributed by atoms with van der Waals surface area (Å²) in [5.41, 5.74) is 1.35. The molecule has 1 fully saturated rings. The maximum absolute atomic E-state index is 12.4. The van der Waals surface area contributed by atoms with Crippen molar-refractivity contribution >= 4 is 11.6 Å². The molecule has 1 N–H and O–H groups in total. The van der Waals surface area contributed by atoms with Crippen LogP contribution in [0.25, 0.3) is 0 Å². The number of nitrogens with one attached hydrogen (secondary N) is 1. The Bertz CT molecular complexity index is 411. The quantitative estimate of drug-likeness (QED) is 0.829. The van der Waals surface area contributed by atoms with Gasteiger partial charge in [-0.15, -0.1) is 4.48 Å². The minimum atomic E-state index is -0.214. The lowest BCUT2D eigenvalue weighted by atomic mass is 9.93. The Hall–Kier alpha value is -1.40. The Labute approximate surface area is 112 Å². The van der Waals surface area contributed by atoms with E-state index in [-0.39, 0.29) is 11.4 Å². The molecule has 0 atom stereocenters. The fraction of sp³-hybridized carbons (Fsp3) is 0.615. The zero-order valence-electron chi connectivity index (χ0n) is 11.4. The zero-order valence-corrected chi connectivity index (χ0v) is 11.4. The topological polar surface area (TPSA) is 46.6 Å². The highest BCUT2D eigenvalue weighted by atomic mass is 19.2. The second-order valence-corrected chi connectivity index (χ2v) is 4.83. The van der Waals surface area contributed by atoms with E-state index in [1.54, 1.807) is 24.8 Å². The molecule has 6 heteroatoms. The standard InChI is InChI=1S/C13H20FN3O2/c1-17(12-5-3-4-11(15-12)16-14)10-13(18-2)6-8-19-9-7-13/h3-5H,6-10H2,1-2H3,(H,15,16). The van der Waals surface area contributed by atoms with Crippen molar-refractivity contribution in [2.45, 2.75) is 18.4 Å². The van der Waals surface area contributed by atoms with Crippen molar-refractivity contribution in [3.8, 4) is 0 Å². The van der Waals surface area contributed by atoms with E-state index in [4.69, 9.17) is 9.47 Å². The highest BCUT2D eigenvalue weighted by Crippen LogP contribution is 2.27. The van der Waals surface area contributed by atoms with E-state index >= 15 is 0 Å². The first-order valence-electron chi connectivity index (χ1n) is 6.37. The number of hydrogen-bond donors (Lipinski definition) is 1. The van der Waals surface area contributed by atoms with Crippen LogP contribution < -0.4 is 10.4 Å². The Morgan fingerprint density at radius 1 is 1.47 bits per heavy atom.